The van der Waals surface area contributed by atoms with E-state index < -0.39 is 0 Å². The molecule has 0 atom stereocenters. The predicted molar refractivity (Wildman–Crippen MR) is 5.81 cm³/mol. The Kier molecular flexibility index (Phi) is 2420. The van der Waals surface area contributed by atoms with Crippen LogP contribution in [-0.2, 0) is 17.1 Å². The standard InChI is InChI=1S/Li.Mn.3H2O/h;;3*1H2/q+1;+2;;;/p-3. The molecule has 29 valence electrons. The summed E-state index contributed by atoms with van der Waals surface area (Å²) in [6.07, 6.45) is 0. The van der Waals surface area contributed by atoms with Gasteiger partial charge in [-0.25, -0.2) is 0 Å². The summed E-state index contributed by atoms with van der Waals surface area (Å²) in [7, 11) is 0. The molecule has 0 aliphatic carbocycles. The first-order valence-corrected chi connectivity index (χ1v) is 0. The van der Waals surface area contributed by atoms with Gasteiger partial charge in [0.2, 0.25) is 0 Å². The smallest absolute Gasteiger partial charge is 0.870 e. The van der Waals surface area contributed by atoms with Crippen LogP contribution < -0.4 is 18.9 Å². The van der Waals surface area contributed by atoms with Gasteiger partial charge in [-0.3, -0.25) is 0 Å². The Hall–Kier alpha value is 0.997. The summed E-state index contributed by atoms with van der Waals surface area (Å²) in [4.78, 5) is 0. The van der Waals surface area contributed by atoms with E-state index in [9.17, 15) is 0 Å². The van der Waals surface area contributed by atoms with Gasteiger partial charge in [-0.15, -0.1) is 0 Å². The van der Waals surface area contributed by atoms with E-state index in [4.69, 9.17) is 0 Å². The Labute approximate surface area is 52.7 Å². The fourth-order valence-electron chi connectivity index (χ4n) is 0. The first-order valence-electron chi connectivity index (χ1n) is 0. The second kappa shape index (κ2) is 80.3. The number of hydrogen-bond donors (Lipinski definition) is 0. The van der Waals surface area contributed by atoms with Crippen LogP contribution in [0.2, 0.25) is 0 Å². The molecule has 3 N–H and O–H groups in total. The number of hydrogen-bond acceptors (Lipinski definition) is 3. The SMILES string of the molecule is [Li+].[Mn+2].[OH-].[OH-].[OH-]. The quantitative estimate of drug-likeness (QED) is 0.305. The molecule has 0 aromatic heterocycles. The zero-order valence-electron chi connectivity index (χ0n) is 2.72. The Morgan fingerprint density at radius 1 is 0.600 bits per heavy atom. The van der Waals surface area contributed by atoms with Crippen molar-refractivity contribution in [2.24, 2.45) is 0 Å². The molecule has 1 radical (unpaired) electrons. The second-order valence-corrected chi connectivity index (χ2v) is 0. The largest absolute Gasteiger partial charge is 2.00 e. The van der Waals surface area contributed by atoms with Gasteiger partial charge in [0.05, 0.1) is 0 Å². The molecule has 0 heterocycles. The van der Waals surface area contributed by atoms with Crippen molar-refractivity contribution in [2.75, 3.05) is 0 Å². The topological polar surface area (TPSA) is 90.0 Å². The van der Waals surface area contributed by atoms with Crippen LogP contribution in [0.25, 0.3) is 0 Å². The molecule has 5 heavy (non-hydrogen) atoms. The van der Waals surface area contributed by atoms with Crippen molar-refractivity contribution in [1.82, 2.24) is 0 Å². The van der Waals surface area contributed by atoms with Crippen molar-refractivity contribution in [3.8, 4) is 0 Å². The van der Waals surface area contributed by atoms with Crippen LogP contribution in [0.3, 0.4) is 0 Å². The van der Waals surface area contributed by atoms with Gasteiger partial charge in [0, 0.05) is 0 Å². The van der Waals surface area contributed by atoms with Gasteiger partial charge >= 0.3 is 35.9 Å². The van der Waals surface area contributed by atoms with Crippen molar-refractivity contribution < 1.29 is 52.4 Å². The maximum Gasteiger partial charge on any atom is 2.00 e. The molecular formula is H3LiMnO3. The molecule has 0 amide bonds. The fraction of sp³-hybridized carbons (Fsp3) is 0. The maximum atomic E-state index is 0. The van der Waals surface area contributed by atoms with Crippen LogP contribution in [0.1, 0.15) is 0 Å². The average Bonchev–Trinajstić information content (AvgIpc) is 0. The fourth-order valence-corrected chi connectivity index (χ4v) is 0. The minimum atomic E-state index is 0. The molecule has 0 unspecified atom stereocenters. The third kappa shape index (κ3) is 45.2. The molecule has 0 spiro atoms. The van der Waals surface area contributed by atoms with Crippen molar-refractivity contribution in [2.45, 2.75) is 0 Å². The van der Waals surface area contributed by atoms with E-state index in [2.05, 4.69) is 0 Å². The van der Waals surface area contributed by atoms with E-state index >= 15 is 0 Å². The Balaban J connectivity index is 0. The molecule has 0 bridgehead atoms. The van der Waals surface area contributed by atoms with Crippen molar-refractivity contribution in [3.05, 3.63) is 0 Å². The van der Waals surface area contributed by atoms with Crippen molar-refractivity contribution >= 4 is 0 Å². The second-order valence-electron chi connectivity index (χ2n) is 0. The molecule has 0 aromatic carbocycles. The maximum absolute atomic E-state index is 0. The Morgan fingerprint density at radius 3 is 0.600 bits per heavy atom. The minimum Gasteiger partial charge on any atom is -0.870 e. The molecular weight excluding hydrogens is 110 g/mol. The van der Waals surface area contributed by atoms with Gasteiger partial charge in [-0.05, 0) is 0 Å². The summed E-state index contributed by atoms with van der Waals surface area (Å²) < 4.78 is 0. The van der Waals surface area contributed by atoms with Crippen molar-refractivity contribution in [3.63, 3.8) is 0 Å². The van der Waals surface area contributed by atoms with Crippen LogP contribution in [0.5, 0.6) is 0 Å². The van der Waals surface area contributed by atoms with E-state index in [1.807, 2.05) is 0 Å². The molecule has 0 saturated carbocycles. The van der Waals surface area contributed by atoms with Crippen LogP contribution in [0.15, 0.2) is 0 Å². The number of rotatable bonds is 0. The molecule has 0 aromatic rings. The van der Waals surface area contributed by atoms with E-state index in [0.29, 0.717) is 0 Å². The van der Waals surface area contributed by atoms with Crippen LogP contribution in [0.4, 0.5) is 0 Å². The van der Waals surface area contributed by atoms with E-state index in [1.165, 1.54) is 0 Å². The summed E-state index contributed by atoms with van der Waals surface area (Å²) in [6.45, 7) is 0. The summed E-state index contributed by atoms with van der Waals surface area (Å²) >= 11 is 0. The monoisotopic (exact) mass is 113 g/mol. The molecule has 0 saturated heterocycles. The van der Waals surface area contributed by atoms with E-state index in [-0.39, 0.29) is 52.4 Å². The summed E-state index contributed by atoms with van der Waals surface area (Å²) in [6, 6.07) is 0. The molecule has 5 heteroatoms. The van der Waals surface area contributed by atoms with Crippen LogP contribution in [-0.4, -0.2) is 16.4 Å². The minimum absolute atomic E-state index is 0. The molecule has 0 rings (SSSR count). The summed E-state index contributed by atoms with van der Waals surface area (Å²) in [5, 5.41) is 0. The summed E-state index contributed by atoms with van der Waals surface area (Å²) in [5.74, 6) is 0. The summed E-state index contributed by atoms with van der Waals surface area (Å²) in [5.41, 5.74) is 0. The average molecular weight is 113 g/mol. The van der Waals surface area contributed by atoms with E-state index in [1.54, 1.807) is 0 Å². The van der Waals surface area contributed by atoms with Crippen LogP contribution >= 0.6 is 0 Å². The molecule has 0 aliphatic heterocycles. The normalized spacial score (nSPS) is 0. The van der Waals surface area contributed by atoms with Gasteiger partial charge < -0.3 is 16.4 Å². The third-order valence-electron chi connectivity index (χ3n) is 0. The first kappa shape index (κ1) is 151. The van der Waals surface area contributed by atoms with E-state index in [0.717, 1.165) is 0 Å². The van der Waals surface area contributed by atoms with Gasteiger partial charge in [-0.1, -0.05) is 0 Å². The predicted octanol–water partition coefficient (Wildman–Crippen LogP) is -3.53. The zero-order chi connectivity index (χ0) is 0. The first-order chi connectivity index (χ1) is 0. The molecule has 0 fully saturated rings. The Morgan fingerprint density at radius 2 is 0.600 bits per heavy atom. The van der Waals surface area contributed by atoms with Crippen molar-refractivity contribution in [1.29, 1.82) is 0 Å². The zero-order valence-corrected chi connectivity index (χ0v) is 3.90. The molecule has 0 aliphatic rings. The van der Waals surface area contributed by atoms with Gasteiger partial charge in [0.1, 0.15) is 0 Å². The Bertz CT molecular complexity index is 6.85. The van der Waals surface area contributed by atoms with Gasteiger partial charge in [0.15, 0.2) is 0 Å². The van der Waals surface area contributed by atoms with Gasteiger partial charge in [-0.2, -0.15) is 0 Å². The van der Waals surface area contributed by atoms with Crippen LogP contribution in [0, 0.1) is 0 Å². The van der Waals surface area contributed by atoms with Gasteiger partial charge in [0.25, 0.3) is 0 Å². The molecule has 3 nitrogen and oxygen atoms in total. The third-order valence-corrected chi connectivity index (χ3v) is 0.